The molecular formula is C19H41NSn. The van der Waals surface area contributed by atoms with Gasteiger partial charge in [0, 0.05) is 0 Å². The molecule has 1 unspecified atom stereocenters. The molecule has 0 spiro atoms. The molecule has 0 aromatic heterocycles. The minimum atomic E-state index is -2.13. The Morgan fingerprint density at radius 2 is 1.24 bits per heavy atom. The Morgan fingerprint density at radius 3 is 1.52 bits per heavy atom. The molecule has 1 atom stereocenters. The SMILES string of the molecule is CCC[CH2][Sn]([CH2]CCC)([CH2]CCC)[CH](CC)/N=C/C(C)C. The molecule has 0 bridgehead atoms. The molecule has 0 N–H and O–H groups in total. The van der Waals surface area contributed by atoms with E-state index in [4.69, 9.17) is 4.99 Å². The molecule has 1 nitrogen and oxygen atoms in total. The molecule has 0 saturated carbocycles. The zero-order chi connectivity index (χ0) is 16.1. The maximum atomic E-state index is 5.14. The van der Waals surface area contributed by atoms with E-state index in [9.17, 15) is 0 Å². The molecular weight excluding hydrogens is 361 g/mol. The number of rotatable bonds is 13. The van der Waals surface area contributed by atoms with Crippen molar-refractivity contribution in [3.8, 4) is 0 Å². The summed E-state index contributed by atoms with van der Waals surface area (Å²) in [5.74, 6) is 0.603. The van der Waals surface area contributed by atoms with Crippen LogP contribution in [0.1, 0.15) is 86.5 Å². The van der Waals surface area contributed by atoms with E-state index in [0.29, 0.717) is 5.92 Å². The molecule has 0 aromatic carbocycles. The van der Waals surface area contributed by atoms with Crippen LogP contribution < -0.4 is 0 Å². The van der Waals surface area contributed by atoms with E-state index in [2.05, 4.69) is 47.8 Å². The Hall–Kier alpha value is 0.469. The summed E-state index contributed by atoms with van der Waals surface area (Å²) in [6, 6.07) is 0. The third-order valence-electron chi connectivity index (χ3n) is 4.74. The second-order valence-electron chi connectivity index (χ2n) is 7.14. The van der Waals surface area contributed by atoms with Crippen LogP contribution in [0.4, 0.5) is 0 Å². The van der Waals surface area contributed by atoms with Crippen LogP contribution in [0, 0.1) is 5.92 Å². The number of aliphatic imine (C=N–C) groups is 1. The van der Waals surface area contributed by atoms with E-state index in [1.54, 1.807) is 13.3 Å². The maximum absolute atomic E-state index is 5.14. The van der Waals surface area contributed by atoms with Gasteiger partial charge in [-0.3, -0.25) is 0 Å². The van der Waals surface area contributed by atoms with E-state index in [1.807, 2.05) is 0 Å². The van der Waals surface area contributed by atoms with Crippen LogP contribution in [0.15, 0.2) is 4.99 Å². The Kier molecular flexibility index (Phi) is 13.2. The second-order valence-corrected chi connectivity index (χ2v) is 21.1. The monoisotopic (exact) mass is 403 g/mol. The molecule has 0 heterocycles. The second kappa shape index (κ2) is 13.0. The van der Waals surface area contributed by atoms with Gasteiger partial charge in [0.25, 0.3) is 0 Å². The third-order valence-corrected chi connectivity index (χ3v) is 21.9. The van der Waals surface area contributed by atoms with Crippen molar-refractivity contribution < 1.29 is 0 Å². The van der Waals surface area contributed by atoms with E-state index in [0.717, 1.165) is 4.06 Å². The zero-order valence-electron chi connectivity index (χ0n) is 15.8. The summed E-state index contributed by atoms with van der Waals surface area (Å²) in [7, 11) is 0. The van der Waals surface area contributed by atoms with Gasteiger partial charge in [0.1, 0.15) is 0 Å². The molecule has 0 aliphatic carbocycles. The Balaban J connectivity index is 5.21. The van der Waals surface area contributed by atoms with Crippen LogP contribution in [0.3, 0.4) is 0 Å². The molecule has 0 amide bonds. The van der Waals surface area contributed by atoms with Gasteiger partial charge in [-0.1, -0.05) is 0 Å². The fraction of sp³-hybridized carbons (Fsp3) is 0.947. The molecule has 0 rings (SSSR count). The number of nitrogens with zero attached hydrogens (tertiary/aromatic N) is 1. The molecule has 0 aromatic rings. The van der Waals surface area contributed by atoms with Crippen LogP contribution in [-0.2, 0) is 0 Å². The summed E-state index contributed by atoms with van der Waals surface area (Å²) in [4.78, 5) is 5.14. The van der Waals surface area contributed by atoms with Gasteiger partial charge in [-0.15, -0.1) is 0 Å². The summed E-state index contributed by atoms with van der Waals surface area (Å²) in [5, 5.41) is 0. The Bertz CT molecular complexity index is 239. The fourth-order valence-electron chi connectivity index (χ4n) is 3.43. The summed E-state index contributed by atoms with van der Waals surface area (Å²) in [5.41, 5.74) is 0. The standard InChI is InChI=1S/C7H14N.3C4H9.Sn/c1-4-5-8-6-7(2)3;3*1-3-4-2;/h5-7H,4H2,1-3H3;3*1,3-4H2,2H3;/b8-6+;;;;. The summed E-state index contributed by atoms with van der Waals surface area (Å²) in [6.07, 6.45) is 12.0. The quantitative estimate of drug-likeness (QED) is 0.235. The van der Waals surface area contributed by atoms with Gasteiger partial charge >= 0.3 is 139 Å². The van der Waals surface area contributed by atoms with Crippen molar-refractivity contribution >= 4 is 24.6 Å². The van der Waals surface area contributed by atoms with Crippen LogP contribution in [0.25, 0.3) is 0 Å². The van der Waals surface area contributed by atoms with Crippen molar-refractivity contribution in [3.05, 3.63) is 0 Å². The third kappa shape index (κ3) is 8.61. The molecule has 2 heteroatoms. The number of hydrogen-bond donors (Lipinski definition) is 0. The van der Waals surface area contributed by atoms with E-state index in [1.165, 1.54) is 44.9 Å². The Morgan fingerprint density at radius 1 is 0.810 bits per heavy atom. The average Bonchev–Trinajstić information content (AvgIpc) is 2.48. The molecule has 21 heavy (non-hydrogen) atoms. The van der Waals surface area contributed by atoms with Crippen LogP contribution in [0.5, 0.6) is 0 Å². The topological polar surface area (TPSA) is 12.4 Å². The van der Waals surface area contributed by atoms with Crippen molar-refractivity contribution in [2.75, 3.05) is 0 Å². The van der Waals surface area contributed by atoms with Gasteiger partial charge in [-0.2, -0.15) is 0 Å². The van der Waals surface area contributed by atoms with Gasteiger partial charge in [0.05, 0.1) is 0 Å². The minimum absolute atomic E-state index is 0.603. The van der Waals surface area contributed by atoms with E-state index >= 15 is 0 Å². The van der Waals surface area contributed by atoms with Crippen molar-refractivity contribution in [1.29, 1.82) is 0 Å². The van der Waals surface area contributed by atoms with Gasteiger partial charge in [-0.25, -0.2) is 0 Å². The van der Waals surface area contributed by atoms with Crippen LogP contribution >= 0.6 is 0 Å². The Labute approximate surface area is 139 Å². The van der Waals surface area contributed by atoms with Gasteiger partial charge in [0.15, 0.2) is 0 Å². The van der Waals surface area contributed by atoms with Crippen LogP contribution in [-0.4, -0.2) is 28.6 Å². The summed E-state index contributed by atoms with van der Waals surface area (Å²) >= 11 is -2.13. The molecule has 126 valence electrons. The van der Waals surface area contributed by atoms with Crippen molar-refractivity contribution in [2.24, 2.45) is 10.9 Å². The van der Waals surface area contributed by atoms with E-state index < -0.39 is 18.4 Å². The number of unbranched alkanes of at least 4 members (excludes halogenated alkanes) is 3. The normalized spacial score (nSPS) is 14.2. The first kappa shape index (κ1) is 21.5. The van der Waals surface area contributed by atoms with E-state index in [-0.39, 0.29) is 0 Å². The van der Waals surface area contributed by atoms with Crippen LogP contribution in [0.2, 0.25) is 13.3 Å². The molecule has 0 fully saturated rings. The van der Waals surface area contributed by atoms with Crippen molar-refractivity contribution in [2.45, 2.75) is 104 Å². The molecule has 0 aliphatic rings. The fourth-order valence-corrected chi connectivity index (χ4v) is 21.1. The molecule has 0 aliphatic heterocycles. The van der Waals surface area contributed by atoms with Gasteiger partial charge < -0.3 is 0 Å². The van der Waals surface area contributed by atoms with Crippen molar-refractivity contribution in [3.63, 3.8) is 0 Å². The first-order valence-corrected chi connectivity index (χ1v) is 17.3. The first-order valence-electron chi connectivity index (χ1n) is 9.59. The van der Waals surface area contributed by atoms with Gasteiger partial charge in [0.2, 0.25) is 0 Å². The number of hydrogen-bond acceptors (Lipinski definition) is 1. The average molecular weight is 402 g/mol. The predicted molar refractivity (Wildman–Crippen MR) is 102 cm³/mol. The molecule has 0 saturated heterocycles. The summed E-state index contributed by atoms with van der Waals surface area (Å²) in [6.45, 7) is 14.0. The van der Waals surface area contributed by atoms with Crippen molar-refractivity contribution in [1.82, 2.24) is 0 Å². The molecule has 0 radical (unpaired) electrons. The summed E-state index contributed by atoms with van der Waals surface area (Å²) < 4.78 is 5.49. The van der Waals surface area contributed by atoms with Gasteiger partial charge in [-0.05, 0) is 0 Å². The first-order chi connectivity index (χ1) is 10.1. The zero-order valence-corrected chi connectivity index (χ0v) is 18.6. The predicted octanol–water partition coefficient (Wildman–Crippen LogP) is 6.88.